The van der Waals surface area contributed by atoms with Crippen LogP contribution in [0.5, 0.6) is 0 Å². The van der Waals surface area contributed by atoms with Crippen molar-refractivity contribution in [2.45, 2.75) is 46.8 Å². The molecule has 0 radical (unpaired) electrons. The Hall–Kier alpha value is -0.120. The normalized spacial score (nSPS) is 15.0. The largest absolute Gasteiger partial charge is 0.377 e. The number of likely N-dealkylation sites (N-methyl/N-ethyl adjacent to an activating group) is 1. The molecule has 92 valence electrons. The summed E-state index contributed by atoms with van der Waals surface area (Å²) in [6, 6.07) is 0.210. The fourth-order valence-electron chi connectivity index (χ4n) is 1.15. The van der Waals surface area contributed by atoms with Gasteiger partial charge in [0.15, 0.2) is 0 Å². The van der Waals surface area contributed by atoms with E-state index in [1.54, 1.807) is 0 Å². The summed E-state index contributed by atoms with van der Waals surface area (Å²) in [6.07, 6.45) is 0.315. The van der Waals surface area contributed by atoms with E-state index in [0.717, 1.165) is 19.7 Å². The van der Waals surface area contributed by atoms with Crippen LogP contribution < -0.4 is 5.73 Å². The highest BCUT2D eigenvalue weighted by atomic mass is 16.5. The third-order valence-corrected chi connectivity index (χ3v) is 2.54. The molecule has 15 heavy (non-hydrogen) atoms. The SMILES string of the molecule is CC(C)OCCN(C)CC(N)C(C)(C)C. The molecule has 1 atom stereocenters. The summed E-state index contributed by atoms with van der Waals surface area (Å²) in [5.41, 5.74) is 6.27. The molecule has 0 heterocycles. The molecule has 0 aromatic rings. The van der Waals surface area contributed by atoms with Crippen LogP contribution in [0.15, 0.2) is 0 Å². The van der Waals surface area contributed by atoms with Crippen molar-refractivity contribution < 1.29 is 4.74 Å². The van der Waals surface area contributed by atoms with Gasteiger partial charge in [0.1, 0.15) is 0 Å². The van der Waals surface area contributed by atoms with Gasteiger partial charge in [0.2, 0.25) is 0 Å². The zero-order chi connectivity index (χ0) is 12.1. The molecule has 0 saturated heterocycles. The molecule has 0 aliphatic carbocycles. The lowest BCUT2D eigenvalue weighted by molar-refractivity contribution is 0.0605. The first-order valence-electron chi connectivity index (χ1n) is 5.79. The molecule has 0 saturated carbocycles. The maximum absolute atomic E-state index is 6.10. The van der Waals surface area contributed by atoms with E-state index in [9.17, 15) is 0 Å². The fraction of sp³-hybridized carbons (Fsp3) is 1.00. The van der Waals surface area contributed by atoms with E-state index < -0.39 is 0 Å². The average molecular weight is 216 g/mol. The molecule has 0 aliphatic heterocycles. The number of nitrogens with two attached hydrogens (primary N) is 1. The first-order valence-corrected chi connectivity index (χ1v) is 5.79. The average Bonchev–Trinajstić information content (AvgIpc) is 2.01. The van der Waals surface area contributed by atoms with Gasteiger partial charge in [0.25, 0.3) is 0 Å². The highest BCUT2D eigenvalue weighted by Gasteiger charge is 2.21. The van der Waals surface area contributed by atoms with Crippen molar-refractivity contribution in [2.75, 3.05) is 26.7 Å². The van der Waals surface area contributed by atoms with Gasteiger partial charge in [-0.3, -0.25) is 0 Å². The van der Waals surface area contributed by atoms with Gasteiger partial charge in [-0.1, -0.05) is 20.8 Å². The molecule has 0 fully saturated rings. The van der Waals surface area contributed by atoms with E-state index in [1.165, 1.54) is 0 Å². The zero-order valence-electron chi connectivity index (χ0n) is 11.2. The Morgan fingerprint density at radius 3 is 2.20 bits per heavy atom. The molecular formula is C12H28N2O. The predicted octanol–water partition coefficient (Wildman–Crippen LogP) is 1.72. The van der Waals surface area contributed by atoms with E-state index in [2.05, 4.69) is 46.6 Å². The van der Waals surface area contributed by atoms with Crippen LogP contribution in [0, 0.1) is 5.41 Å². The van der Waals surface area contributed by atoms with Crippen LogP contribution in [-0.4, -0.2) is 43.8 Å². The zero-order valence-corrected chi connectivity index (χ0v) is 11.2. The smallest absolute Gasteiger partial charge is 0.0596 e. The standard InChI is InChI=1S/C12H28N2O/c1-10(2)15-8-7-14(6)9-11(13)12(3,4)5/h10-11H,7-9,13H2,1-6H3. The Morgan fingerprint density at radius 2 is 1.80 bits per heavy atom. The first kappa shape index (κ1) is 14.9. The number of hydrogen-bond acceptors (Lipinski definition) is 3. The van der Waals surface area contributed by atoms with E-state index >= 15 is 0 Å². The van der Waals surface area contributed by atoms with E-state index in [4.69, 9.17) is 10.5 Å². The predicted molar refractivity (Wildman–Crippen MR) is 66.0 cm³/mol. The lowest BCUT2D eigenvalue weighted by Crippen LogP contribution is -2.44. The molecule has 3 heteroatoms. The third-order valence-electron chi connectivity index (χ3n) is 2.54. The summed E-state index contributed by atoms with van der Waals surface area (Å²) < 4.78 is 5.50. The number of ether oxygens (including phenoxy) is 1. The lowest BCUT2D eigenvalue weighted by Gasteiger charge is -2.31. The number of rotatable bonds is 6. The Morgan fingerprint density at radius 1 is 1.27 bits per heavy atom. The van der Waals surface area contributed by atoms with Gasteiger partial charge in [0, 0.05) is 19.1 Å². The van der Waals surface area contributed by atoms with Gasteiger partial charge in [-0.05, 0) is 26.3 Å². The minimum atomic E-state index is 0.174. The second kappa shape index (κ2) is 6.46. The number of nitrogens with zero attached hydrogens (tertiary/aromatic N) is 1. The van der Waals surface area contributed by atoms with Crippen LogP contribution in [0.2, 0.25) is 0 Å². The van der Waals surface area contributed by atoms with Crippen LogP contribution in [0.3, 0.4) is 0 Å². The molecule has 0 amide bonds. The minimum Gasteiger partial charge on any atom is -0.377 e. The molecule has 3 nitrogen and oxygen atoms in total. The second-order valence-corrected chi connectivity index (χ2v) is 5.65. The van der Waals surface area contributed by atoms with Crippen LogP contribution in [0.25, 0.3) is 0 Å². The maximum atomic E-state index is 6.10. The summed E-state index contributed by atoms with van der Waals surface area (Å²) >= 11 is 0. The Kier molecular flexibility index (Phi) is 6.41. The van der Waals surface area contributed by atoms with Gasteiger partial charge in [-0.25, -0.2) is 0 Å². The minimum absolute atomic E-state index is 0.174. The molecule has 0 rings (SSSR count). The second-order valence-electron chi connectivity index (χ2n) is 5.65. The van der Waals surface area contributed by atoms with Crippen LogP contribution in [0.1, 0.15) is 34.6 Å². The van der Waals surface area contributed by atoms with E-state index in [1.807, 2.05) is 0 Å². The van der Waals surface area contributed by atoms with Gasteiger partial charge in [0.05, 0.1) is 12.7 Å². The lowest BCUT2D eigenvalue weighted by atomic mass is 9.87. The topological polar surface area (TPSA) is 38.5 Å². The Bertz CT molecular complexity index is 163. The Labute approximate surface area is 95.0 Å². The number of hydrogen-bond donors (Lipinski definition) is 1. The third kappa shape index (κ3) is 7.77. The molecular weight excluding hydrogens is 188 g/mol. The molecule has 0 bridgehead atoms. The van der Waals surface area contributed by atoms with Crippen LogP contribution in [0.4, 0.5) is 0 Å². The van der Waals surface area contributed by atoms with Crippen molar-refractivity contribution in [3.63, 3.8) is 0 Å². The molecule has 2 N–H and O–H groups in total. The van der Waals surface area contributed by atoms with E-state index in [-0.39, 0.29) is 11.5 Å². The summed E-state index contributed by atoms with van der Waals surface area (Å²) in [6.45, 7) is 13.3. The quantitative estimate of drug-likeness (QED) is 0.734. The molecule has 1 unspecified atom stereocenters. The van der Waals surface area contributed by atoms with Gasteiger partial charge >= 0.3 is 0 Å². The summed E-state index contributed by atoms with van der Waals surface area (Å²) in [7, 11) is 2.09. The van der Waals surface area contributed by atoms with Crippen molar-refractivity contribution in [1.29, 1.82) is 0 Å². The van der Waals surface area contributed by atoms with Crippen molar-refractivity contribution in [3.05, 3.63) is 0 Å². The molecule has 0 aromatic carbocycles. The summed E-state index contributed by atoms with van der Waals surface area (Å²) in [5.74, 6) is 0. The maximum Gasteiger partial charge on any atom is 0.0596 e. The molecule has 0 aromatic heterocycles. The van der Waals surface area contributed by atoms with Gasteiger partial charge in [-0.15, -0.1) is 0 Å². The summed E-state index contributed by atoms with van der Waals surface area (Å²) in [4.78, 5) is 2.23. The summed E-state index contributed by atoms with van der Waals surface area (Å²) in [5, 5.41) is 0. The van der Waals surface area contributed by atoms with Crippen LogP contribution >= 0.6 is 0 Å². The van der Waals surface area contributed by atoms with Crippen molar-refractivity contribution in [2.24, 2.45) is 11.1 Å². The molecule has 0 spiro atoms. The van der Waals surface area contributed by atoms with E-state index in [0.29, 0.717) is 6.10 Å². The highest BCUT2D eigenvalue weighted by Crippen LogP contribution is 2.17. The van der Waals surface area contributed by atoms with Crippen LogP contribution in [-0.2, 0) is 4.74 Å². The highest BCUT2D eigenvalue weighted by molar-refractivity contribution is 4.79. The van der Waals surface area contributed by atoms with Crippen molar-refractivity contribution in [3.8, 4) is 0 Å². The monoisotopic (exact) mass is 216 g/mol. The first-order chi connectivity index (χ1) is 6.73. The Balaban J connectivity index is 3.69. The fourth-order valence-corrected chi connectivity index (χ4v) is 1.15. The molecule has 0 aliphatic rings. The van der Waals surface area contributed by atoms with Crippen molar-refractivity contribution in [1.82, 2.24) is 4.90 Å². The van der Waals surface area contributed by atoms with Gasteiger partial charge in [-0.2, -0.15) is 0 Å². The van der Waals surface area contributed by atoms with Gasteiger partial charge < -0.3 is 15.4 Å². The van der Waals surface area contributed by atoms with Crippen molar-refractivity contribution >= 4 is 0 Å².